The Hall–Kier alpha value is -0.940. The molecule has 1 saturated carbocycles. The summed E-state index contributed by atoms with van der Waals surface area (Å²) in [7, 11) is -3.16. The summed E-state index contributed by atoms with van der Waals surface area (Å²) in [6, 6.07) is 3.85. The van der Waals surface area contributed by atoms with Crippen molar-refractivity contribution in [2.45, 2.75) is 38.6 Å². The standard InChI is InChI=1S/C13H20N2O2S/c1-11-2-3-13(10-11)15-18(16,17)9-6-12-4-7-14-8-5-12/h4-5,7-8,11,13,15H,2-3,6,9-10H2,1H3. The largest absolute Gasteiger partial charge is 0.265 e. The Morgan fingerprint density at radius 3 is 2.67 bits per heavy atom. The molecule has 0 aliphatic heterocycles. The van der Waals surface area contributed by atoms with Crippen LogP contribution in [0.4, 0.5) is 0 Å². The lowest BCUT2D eigenvalue weighted by molar-refractivity contribution is 0.538. The second kappa shape index (κ2) is 5.80. The predicted octanol–water partition coefficient (Wildman–Crippen LogP) is 1.73. The van der Waals surface area contributed by atoms with Crippen LogP contribution in [0.15, 0.2) is 24.5 Å². The van der Waals surface area contributed by atoms with Gasteiger partial charge in [0, 0.05) is 18.4 Å². The van der Waals surface area contributed by atoms with Crippen molar-refractivity contribution >= 4 is 10.0 Å². The van der Waals surface area contributed by atoms with E-state index in [1.165, 1.54) is 0 Å². The van der Waals surface area contributed by atoms with Crippen LogP contribution in [0.2, 0.25) is 0 Å². The molecule has 2 unspecified atom stereocenters. The number of sulfonamides is 1. The van der Waals surface area contributed by atoms with Gasteiger partial charge < -0.3 is 0 Å². The van der Waals surface area contributed by atoms with Gasteiger partial charge in [-0.05, 0) is 49.3 Å². The summed E-state index contributed by atoms with van der Waals surface area (Å²) in [4.78, 5) is 3.92. The van der Waals surface area contributed by atoms with Crippen molar-refractivity contribution in [1.82, 2.24) is 9.71 Å². The van der Waals surface area contributed by atoms with Crippen molar-refractivity contribution in [2.24, 2.45) is 5.92 Å². The van der Waals surface area contributed by atoms with Gasteiger partial charge in [0.25, 0.3) is 0 Å². The van der Waals surface area contributed by atoms with E-state index in [0.29, 0.717) is 12.3 Å². The predicted molar refractivity (Wildman–Crippen MR) is 71.7 cm³/mol. The zero-order valence-corrected chi connectivity index (χ0v) is 11.5. The van der Waals surface area contributed by atoms with Crippen LogP contribution >= 0.6 is 0 Å². The number of aromatic nitrogens is 1. The van der Waals surface area contributed by atoms with Gasteiger partial charge in [-0.15, -0.1) is 0 Å². The van der Waals surface area contributed by atoms with Gasteiger partial charge in [0.2, 0.25) is 10.0 Å². The molecule has 0 aromatic carbocycles. The minimum Gasteiger partial charge on any atom is -0.265 e. The molecule has 4 nitrogen and oxygen atoms in total. The summed E-state index contributed by atoms with van der Waals surface area (Å²) in [5, 5.41) is 0. The van der Waals surface area contributed by atoms with E-state index in [4.69, 9.17) is 0 Å². The third-order valence-corrected chi connectivity index (χ3v) is 4.88. The van der Waals surface area contributed by atoms with E-state index in [1.807, 2.05) is 12.1 Å². The fourth-order valence-corrected chi connectivity index (χ4v) is 3.77. The lowest BCUT2D eigenvalue weighted by Gasteiger charge is -2.12. The van der Waals surface area contributed by atoms with Gasteiger partial charge in [0.05, 0.1) is 5.75 Å². The molecule has 1 N–H and O–H groups in total. The number of hydrogen-bond donors (Lipinski definition) is 1. The molecular formula is C13H20N2O2S. The lowest BCUT2D eigenvalue weighted by Crippen LogP contribution is -2.35. The van der Waals surface area contributed by atoms with E-state index in [-0.39, 0.29) is 11.8 Å². The number of rotatable bonds is 5. The molecular weight excluding hydrogens is 248 g/mol. The van der Waals surface area contributed by atoms with E-state index in [2.05, 4.69) is 16.6 Å². The Balaban J connectivity index is 1.84. The molecule has 1 aromatic heterocycles. The van der Waals surface area contributed by atoms with Crippen LogP contribution in [-0.4, -0.2) is 25.2 Å². The first-order valence-electron chi connectivity index (χ1n) is 6.44. The van der Waals surface area contributed by atoms with Gasteiger partial charge in [0.15, 0.2) is 0 Å². The van der Waals surface area contributed by atoms with Crippen LogP contribution < -0.4 is 4.72 Å². The zero-order chi connectivity index (χ0) is 13.0. The number of pyridine rings is 1. The molecule has 1 aliphatic carbocycles. The Kier molecular flexibility index (Phi) is 4.35. The average Bonchev–Trinajstić information content (AvgIpc) is 2.73. The summed E-state index contributed by atoms with van der Waals surface area (Å²) in [5.41, 5.74) is 1.01. The van der Waals surface area contributed by atoms with Crippen LogP contribution in [0.1, 0.15) is 31.7 Å². The first-order chi connectivity index (χ1) is 8.55. The molecule has 1 heterocycles. The zero-order valence-electron chi connectivity index (χ0n) is 10.7. The van der Waals surface area contributed by atoms with E-state index >= 15 is 0 Å². The number of nitrogens with one attached hydrogen (secondary N) is 1. The van der Waals surface area contributed by atoms with Crippen molar-refractivity contribution in [1.29, 1.82) is 0 Å². The third-order valence-electron chi connectivity index (χ3n) is 3.45. The van der Waals surface area contributed by atoms with Gasteiger partial charge in [-0.2, -0.15) is 0 Å². The smallest absolute Gasteiger partial charge is 0.212 e. The highest BCUT2D eigenvalue weighted by molar-refractivity contribution is 7.89. The van der Waals surface area contributed by atoms with Crippen LogP contribution in [-0.2, 0) is 16.4 Å². The Morgan fingerprint density at radius 2 is 2.06 bits per heavy atom. The Bertz CT molecular complexity index is 473. The highest BCUT2D eigenvalue weighted by atomic mass is 32.2. The van der Waals surface area contributed by atoms with Crippen LogP contribution in [0.5, 0.6) is 0 Å². The Labute approximate surface area is 109 Å². The molecule has 1 aromatic rings. The van der Waals surface area contributed by atoms with E-state index in [0.717, 1.165) is 24.8 Å². The van der Waals surface area contributed by atoms with E-state index < -0.39 is 10.0 Å². The van der Waals surface area contributed by atoms with Crippen molar-refractivity contribution < 1.29 is 8.42 Å². The number of aryl methyl sites for hydroxylation is 1. The summed E-state index contributed by atoms with van der Waals surface area (Å²) < 4.78 is 26.7. The lowest BCUT2D eigenvalue weighted by atomic mass is 10.1. The van der Waals surface area contributed by atoms with Crippen LogP contribution in [0.3, 0.4) is 0 Å². The van der Waals surface area contributed by atoms with Gasteiger partial charge in [-0.1, -0.05) is 6.92 Å². The molecule has 0 saturated heterocycles. The molecule has 100 valence electrons. The molecule has 1 aliphatic rings. The minimum atomic E-state index is -3.16. The molecule has 5 heteroatoms. The van der Waals surface area contributed by atoms with Gasteiger partial charge in [-0.3, -0.25) is 4.98 Å². The quantitative estimate of drug-likeness (QED) is 0.884. The van der Waals surface area contributed by atoms with Crippen molar-refractivity contribution in [3.05, 3.63) is 30.1 Å². The monoisotopic (exact) mass is 268 g/mol. The fraction of sp³-hybridized carbons (Fsp3) is 0.615. The van der Waals surface area contributed by atoms with Gasteiger partial charge in [0.1, 0.15) is 0 Å². The number of nitrogens with zero attached hydrogens (tertiary/aromatic N) is 1. The first-order valence-corrected chi connectivity index (χ1v) is 8.09. The normalized spacial score (nSPS) is 24.3. The van der Waals surface area contributed by atoms with Crippen molar-refractivity contribution in [3.63, 3.8) is 0 Å². The maximum atomic E-state index is 11.9. The molecule has 2 atom stereocenters. The maximum absolute atomic E-state index is 11.9. The second-order valence-corrected chi connectivity index (χ2v) is 7.03. The molecule has 0 bridgehead atoms. The highest BCUT2D eigenvalue weighted by Crippen LogP contribution is 2.25. The van der Waals surface area contributed by atoms with Crippen LogP contribution in [0, 0.1) is 5.92 Å². The first kappa shape index (κ1) is 13.5. The highest BCUT2D eigenvalue weighted by Gasteiger charge is 2.25. The minimum absolute atomic E-state index is 0.141. The summed E-state index contributed by atoms with van der Waals surface area (Å²) >= 11 is 0. The average molecular weight is 268 g/mol. The summed E-state index contributed by atoms with van der Waals surface area (Å²) in [6.07, 6.45) is 6.98. The molecule has 0 amide bonds. The maximum Gasteiger partial charge on any atom is 0.212 e. The third kappa shape index (κ3) is 4.07. The van der Waals surface area contributed by atoms with Crippen molar-refractivity contribution in [3.8, 4) is 0 Å². The summed E-state index contributed by atoms with van der Waals surface area (Å²) in [6.45, 7) is 2.17. The molecule has 2 rings (SSSR count). The molecule has 0 spiro atoms. The van der Waals surface area contributed by atoms with Gasteiger partial charge >= 0.3 is 0 Å². The fourth-order valence-electron chi connectivity index (χ4n) is 2.43. The van der Waals surface area contributed by atoms with Crippen LogP contribution in [0.25, 0.3) is 0 Å². The van der Waals surface area contributed by atoms with E-state index in [9.17, 15) is 8.42 Å². The topological polar surface area (TPSA) is 59.1 Å². The molecule has 1 fully saturated rings. The molecule has 18 heavy (non-hydrogen) atoms. The van der Waals surface area contributed by atoms with E-state index in [1.54, 1.807) is 12.4 Å². The van der Waals surface area contributed by atoms with Crippen molar-refractivity contribution in [2.75, 3.05) is 5.75 Å². The SMILES string of the molecule is CC1CCC(NS(=O)(=O)CCc2ccncc2)C1. The Morgan fingerprint density at radius 1 is 1.33 bits per heavy atom. The summed E-state index contributed by atoms with van der Waals surface area (Å²) in [5.74, 6) is 0.792. The number of hydrogen-bond acceptors (Lipinski definition) is 3. The molecule has 0 radical (unpaired) electrons. The van der Waals surface area contributed by atoms with Gasteiger partial charge in [-0.25, -0.2) is 13.1 Å². The second-order valence-electron chi connectivity index (χ2n) is 5.16.